The van der Waals surface area contributed by atoms with Crippen molar-refractivity contribution >= 4 is 40.3 Å². The summed E-state index contributed by atoms with van der Waals surface area (Å²) in [6.45, 7) is 15.6. The third-order valence-electron chi connectivity index (χ3n) is 7.88. The van der Waals surface area contributed by atoms with E-state index in [-0.39, 0.29) is 12.1 Å². The van der Waals surface area contributed by atoms with Crippen molar-refractivity contribution in [2.45, 2.75) is 66.1 Å². The van der Waals surface area contributed by atoms with Crippen LogP contribution in [0, 0.1) is 25.7 Å². The molecule has 5 nitrogen and oxygen atoms in total. The van der Waals surface area contributed by atoms with Gasteiger partial charge in [-0.25, -0.2) is 0 Å². The van der Waals surface area contributed by atoms with Crippen LogP contribution < -0.4 is 15.1 Å². The Balaban J connectivity index is 1.58. The summed E-state index contributed by atoms with van der Waals surface area (Å²) in [5.74, 6) is 1.32. The quantitative estimate of drug-likeness (QED) is 0.344. The lowest BCUT2D eigenvalue weighted by atomic mass is 9.91. The van der Waals surface area contributed by atoms with Crippen LogP contribution in [0.2, 0.25) is 5.02 Å². The number of halogens is 1. The van der Waals surface area contributed by atoms with E-state index in [0.717, 1.165) is 35.2 Å². The van der Waals surface area contributed by atoms with Gasteiger partial charge in [0.05, 0.1) is 28.5 Å². The maximum Gasteiger partial charge on any atom is 0.174 e. The lowest BCUT2D eigenvalue weighted by Crippen LogP contribution is -2.38. The molecule has 0 saturated carbocycles. The van der Waals surface area contributed by atoms with Crippen molar-refractivity contribution in [2.24, 2.45) is 11.8 Å². The molecule has 0 aliphatic carbocycles. The molecule has 1 N–H and O–H groups in total. The molecular formula is C30H38ClN5S. The molecule has 0 radical (unpaired) electrons. The Kier molecular flexibility index (Phi) is 7.25. The van der Waals surface area contributed by atoms with E-state index in [0.29, 0.717) is 23.0 Å². The summed E-state index contributed by atoms with van der Waals surface area (Å²) in [5, 5.41) is 5.06. The Bertz CT molecular complexity index is 1280. The van der Waals surface area contributed by atoms with Gasteiger partial charge in [-0.1, -0.05) is 31.5 Å². The molecule has 0 spiro atoms. The lowest BCUT2D eigenvalue weighted by Gasteiger charge is -2.37. The van der Waals surface area contributed by atoms with E-state index in [4.69, 9.17) is 28.8 Å². The van der Waals surface area contributed by atoms with Crippen LogP contribution in [0.3, 0.4) is 0 Å². The third-order valence-corrected chi connectivity index (χ3v) is 8.49. The molecule has 2 saturated heterocycles. The van der Waals surface area contributed by atoms with Crippen LogP contribution in [0.25, 0.3) is 0 Å². The van der Waals surface area contributed by atoms with Crippen molar-refractivity contribution in [1.82, 2.24) is 14.9 Å². The molecule has 7 heteroatoms. The van der Waals surface area contributed by atoms with E-state index >= 15 is 0 Å². The van der Waals surface area contributed by atoms with E-state index in [2.05, 4.69) is 91.6 Å². The minimum atomic E-state index is -0.0722. The number of thiocarbonyl (C=S) groups is 1. The second-order valence-corrected chi connectivity index (χ2v) is 12.1. The third kappa shape index (κ3) is 4.86. The zero-order valence-corrected chi connectivity index (χ0v) is 24.3. The molecule has 2 aliphatic rings. The minimum Gasteiger partial charge on any atom is -0.370 e. The summed E-state index contributed by atoms with van der Waals surface area (Å²) in [6.07, 6.45) is 3.12. The van der Waals surface area contributed by atoms with Gasteiger partial charge in [-0.2, -0.15) is 0 Å². The Labute approximate surface area is 231 Å². The van der Waals surface area contributed by atoms with Gasteiger partial charge in [-0.3, -0.25) is 4.98 Å². The molecule has 2 aliphatic heterocycles. The molecule has 2 aromatic heterocycles. The molecule has 2 fully saturated rings. The molecule has 0 amide bonds. The first kappa shape index (κ1) is 26.1. The second kappa shape index (κ2) is 10.3. The molecule has 5 rings (SSSR count). The second-order valence-electron chi connectivity index (χ2n) is 11.3. The molecule has 0 unspecified atom stereocenters. The first-order valence-corrected chi connectivity index (χ1v) is 14.2. The van der Waals surface area contributed by atoms with Gasteiger partial charge in [0.2, 0.25) is 0 Å². The van der Waals surface area contributed by atoms with Crippen LogP contribution in [0.1, 0.15) is 74.9 Å². The normalized spacial score (nSPS) is 24.2. The average molecular weight is 536 g/mol. The number of aromatic nitrogens is 2. The fourth-order valence-electron chi connectivity index (χ4n) is 6.61. The summed E-state index contributed by atoms with van der Waals surface area (Å²) in [7, 11) is 0. The largest absolute Gasteiger partial charge is 0.370 e. The fourth-order valence-corrected chi connectivity index (χ4v) is 7.25. The van der Waals surface area contributed by atoms with Crippen molar-refractivity contribution in [2.75, 3.05) is 22.9 Å². The number of hydrogen-bond acceptors (Lipinski definition) is 3. The van der Waals surface area contributed by atoms with Gasteiger partial charge in [-0.15, -0.1) is 0 Å². The van der Waals surface area contributed by atoms with Crippen LogP contribution in [0.5, 0.6) is 0 Å². The highest BCUT2D eigenvalue weighted by molar-refractivity contribution is 7.80. The van der Waals surface area contributed by atoms with Crippen molar-refractivity contribution in [1.29, 1.82) is 0 Å². The number of benzene rings is 1. The van der Waals surface area contributed by atoms with Crippen molar-refractivity contribution in [3.05, 3.63) is 76.3 Å². The van der Waals surface area contributed by atoms with Gasteiger partial charge < -0.3 is 19.7 Å². The number of piperidine rings is 1. The van der Waals surface area contributed by atoms with Gasteiger partial charge in [0, 0.05) is 42.4 Å². The van der Waals surface area contributed by atoms with Crippen molar-refractivity contribution in [3.8, 4) is 0 Å². The van der Waals surface area contributed by atoms with E-state index < -0.39 is 0 Å². The smallest absolute Gasteiger partial charge is 0.174 e. The minimum absolute atomic E-state index is 0.0435. The molecule has 4 heterocycles. The van der Waals surface area contributed by atoms with Gasteiger partial charge in [0.15, 0.2) is 5.11 Å². The van der Waals surface area contributed by atoms with Crippen LogP contribution in [0.15, 0.2) is 48.7 Å². The number of nitrogens with zero attached hydrogens (tertiary/aromatic N) is 4. The number of pyridine rings is 1. The highest BCUT2D eigenvalue weighted by atomic mass is 35.5. The van der Waals surface area contributed by atoms with E-state index in [1.165, 1.54) is 23.4 Å². The van der Waals surface area contributed by atoms with Gasteiger partial charge in [0.25, 0.3) is 0 Å². The fraction of sp³-hybridized carbons (Fsp3) is 0.467. The lowest BCUT2D eigenvalue weighted by molar-refractivity contribution is 0.357. The summed E-state index contributed by atoms with van der Waals surface area (Å²) < 4.78 is 2.40. The standard InChI is InChI=1S/C30H38ClN5S/c1-18(2)35-21(5)14-24(22(35)6)29-28(26-9-7-8-12-32-26)33-30(37)36(29)23-10-11-27(25(31)15-23)34-16-19(3)13-20(4)17-34/h7-12,14-15,18-20,28-29H,13,16-17H2,1-6H3,(H,33,37)/t19-,20+,28-,29-/m0/s1. The maximum absolute atomic E-state index is 6.99. The Morgan fingerprint density at radius 1 is 1.05 bits per heavy atom. The van der Waals surface area contributed by atoms with Crippen LogP contribution in [0.4, 0.5) is 11.4 Å². The summed E-state index contributed by atoms with van der Waals surface area (Å²) >= 11 is 13.0. The molecule has 37 heavy (non-hydrogen) atoms. The number of anilines is 2. The topological polar surface area (TPSA) is 36.3 Å². The van der Waals surface area contributed by atoms with Crippen molar-refractivity contribution in [3.63, 3.8) is 0 Å². The summed E-state index contributed by atoms with van der Waals surface area (Å²) in [5.41, 5.74) is 6.86. The zero-order chi connectivity index (χ0) is 26.4. The highest BCUT2D eigenvalue weighted by Crippen LogP contribution is 2.45. The van der Waals surface area contributed by atoms with Gasteiger partial charge in [-0.05, 0) is 100 Å². The van der Waals surface area contributed by atoms with E-state index in [1.807, 2.05) is 18.3 Å². The van der Waals surface area contributed by atoms with Crippen LogP contribution in [-0.4, -0.2) is 27.8 Å². The molecular weight excluding hydrogens is 498 g/mol. The number of rotatable bonds is 5. The molecule has 3 aromatic rings. The first-order chi connectivity index (χ1) is 17.7. The molecule has 1 aromatic carbocycles. The predicted octanol–water partition coefficient (Wildman–Crippen LogP) is 7.39. The van der Waals surface area contributed by atoms with Crippen molar-refractivity contribution < 1.29 is 0 Å². The first-order valence-electron chi connectivity index (χ1n) is 13.4. The maximum atomic E-state index is 6.99. The van der Waals surface area contributed by atoms with Gasteiger partial charge in [0.1, 0.15) is 0 Å². The van der Waals surface area contributed by atoms with E-state index in [9.17, 15) is 0 Å². The van der Waals surface area contributed by atoms with E-state index in [1.54, 1.807) is 0 Å². The molecule has 4 atom stereocenters. The molecule has 0 bridgehead atoms. The van der Waals surface area contributed by atoms with Crippen LogP contribution >= 0.6 is 23.8 Å². The monoisotopic (exact) mass is 535 g/mol. The predicted molar refractivity (Wildman–Crippen MR) is 159 cm³/mol. The Hall–Kier alpha value is -2.57. The zero-order valence-electron chi connectivity index (χ0n) is 22.7. The average Bonchev–Trinajstić information content (AvgIpc) is 3.33. The Morgan fingerprint density at radius 3 is 2.38 bits per heavy atom. The molecule has 196 valence electrons. The van der Waals surface area contributed by atoms with Gasteiger partial charge >= 0.3 is 0 Å². The number of hydrogen-bond donors (Lipinski definition) is 1. The Morgan fingerprint density at radius 2 is 1.78 bits per heavy atom. The number of nitrogens with one attached hydrogen (secondary N) is 1. The SMILES string of the molecule is Cc1cc([C@H]2[C@H](c3ccccn3)NC(=S)N2c2ccc(N3C[C@H](C)C[C@H](C)C3)c(Cl)c2)c(C)n1C(C)C. The summed E-state index contributed by atoms with van der Waals surface area (Å²) in [6, 6.07) is 15.1. The highest BCUT2D eigenvalue weighted by Gasteiger charge is 2.42. The summed E-state index contributed by atoms with van der Waals surface area (Å²) in [4.78, 5) is 9.39. The van der Waals surface area contributed by atoms with Crippen LogP contribution in [-0.2, 0) is 0 Å². The number of aryl methyl sites for hydroxylation is 1.